The van der Waals surface area contributed by atoms with E-state index in [0.29, 0.717) is 0 Å². The first-order valence-electron chi connectivity index (χ1n) is 5.65. The zero-order chi connectivity index (χ0) is 11.9. The van der Waals surface area contributed by atoms with E-state index in [2.05, 4.69) is 42.5 Å². The molecule has 0 radical (unpaired) electrons. The van der Waals surface area contributed by atoms with Crippen molar-refractivity contribution in [1.82, 2.24) is 0 Å². The van der Waals surface area contributed by atoms with Gasteiger partial charge in [0, 0.05) is 6.42 Å². The third-order valence-electron chi connectivity index (χ3n) is 2.59. The first-order chi connectivity index (χ1) is 8.40. The predicted octanol–water partition coefficient (Wildman–Crippen LogP) is 4.62. The molecule has 0 bridgehead atoms. The molecule has 0 fully saturated rings. The number of hydrogen-bond donors (Lipinski definition) is 0. The highest BCUT2D eigenvalue weighted by atomic mass is 32.1. The monoisotopic (exact) mass is 238 g/mol. The van der Waals surface area contributed by atoms with Gasteiger partial charge in [-0.1, -0.05) is 79.0 Å². The van der Waals surface area contributed by atoms with Crippen LogP contribution < -0.4 is 0 Å². The van der Waals surface area contributed by atoms with Gasteiger partial charge in [0.15, 0.2) is 0 Å². The molecule has 0 aliphatic heterocycles. The maximum Gasteiger partial charge on any atom is 0.00139 e. The molecule has 0 aromatic heterocycles. The van der Waals surface area contributed by atoms with Crippen LogP contribution in [-0.2, 0) is 0 Å². The summed E-state index contributed by atoms with van der Waals surface area (Å²) in [5.74, 6) is 0. The molecule has 0 saturated heterocycles. The quantitative estimate of drug-likeness (QED) is 0.553. The van der Waals surface area contributed by atoms with Crippen molar-refractivity contribution in [1.29, 1.82) is 0 Å². The molecule has 0 nitrogen and oxygen atoms in total. The Labute approximate surface area is 108 Å². The van der Waals surface area contributed by atoms with Gasteiger partial charge in [-0.15, -0.1) is 0 Å². The summed E-state index contributed by atoms with van der Waals surface area (Å²) in [6, 6.07) is 20.7. The first kappa shape index (κ1) is 11.7. The molecule has 0 saturated carbocycles. The average Bonchev–Trinajstić information content (AvgIpc) is 2.40. The van der Waals surface area contributed by atoms with Gasteiger partial charge in [-0.25, -0.2) is 0 Å². The molecule has 1 heteroatoms. The average molecular weight is 238 g/mol. The molecule has 2 rings (SSSR count). The van der Waals surface area contributed by atoms with E-state index in [1.165, 1.54) is 16.7 Å². The van der Waals surface area contributed by atoms with Crippen LogP contribution in [0, 0.1) is 0 Å². The van der Waals surface area contributed by atoms with Crippen molar-refractivity contribution < 1.29 is 0 Å². The second-order valence-electron chi connectivity index (χ2n) is 3.82. The maximum atomic E-state index is 4.98. The number of benzene rings is 2. The van der Waals surface area contributed by atoms with E-state index in [1.807, 2.05) is 24.3 Å². The Morgan fingerprint density at radius 2 is 1.47 bits per heavy atom. The lowest BCUT2D eigenvalue weighted by Gasteiger charge is -2.05. The van der Waals surface area contributed by atoms with Gasteiger partial charge in [0.1, 0.15) is 0 Å². The zero-order valence-corrected chi connectivity index (χ0v) is 10.4. The number of hydrogen-bond acceptors (Lipinski definition) is 1. The van der Waals surface area contributed by atoms with Crippen LogP contribution in [-0.4, -0.2) is 5.37 Å². The van der Waals surface area contributed by atoms with Gasteiger partial charge in [0.2, 0.25) is 0 Å². The van der Waals surface area contributed by atoms with Crippen molar-refractivity contribution in [2.45, 2.75) is 6.42 Å². The van der Waals surface area contributed by atoms with E-state index >= 15 is 0 Å². The topological polar surface area (TPSA) is 0 Å². The fourth-order valence-electron chi connectivity index (χ4n) is 1.75. The molecule has 17 heavy (non-hydrogen) atoms. The van der Waals surface area contributed by atoms with Gasteiger partial charge in [-0.2, -0.15) is 0 Å². The second-order valence-corrected chi connectivity index (χ2v) is 4.15. The standard InChI is InChI=1S/C16H14S/c17-12-11-16(15-9-5-2-6-10-15)13-14-7-3-1-4-8-14/h1-10,12-13H,11H2. The summed E-state index contributed by atoms with van der Waals surface area (Å²) in [7, 11) is 0. The molecule has 0 aliphatic carbocycles. The molecule has 0 amide bonds. The lowest BCUT2D eigenvalue weighted by atomic mass is 10.0. The summed E-state index contributed by atoms with van der Waals surface area (Å²) in [6.07, 6.45) is 3.01. The van der Waals surface area contributed by atoms with Crippen molar-refractivity contribution in [3.05, 3.63) is 71.8 Å². The molecule has 0 aliphatic rings. The molecule has 0 heterocycles. The Hall–Kier alpha value is -1.73. The summed E-state index contributed by atoms with van der Waals surface area (Å²) < 4.78 is 0. The van der Waals surface area contributed by atoms with Crippen LogP contribution in [0.25, 0.3) is 11.6 Å². The van der Waals surface area contributed by atoms with E-state index in [4.69, 9.17) is 12.2 Å². The van der Waals surface area contributed by atoms with Gasteiger partial charge in [-0.3, -0.25) is 0 Å². The van der Waals surface area contributed by atoms with Crippen LogP contribution in [0.4, 0.5) is 0 Å². The van der Waals surface area contributed by atoms with E-state index in [-0.39, 0.29) is 0 Å². The molecule has 0 atom stereocenters. The zero-order valence-electron chi connectivity index (χ0n) is 9.54. The molecule has 2 aromatic carbocycles. The summed E-state index contributed by atoms with van der Waals surface area (Å²) in [5, 5.41) is 1.78. The van der Waals surface area contributed by atoms with E-state index in [9.17, 15) is 0 Å². The Balaban J connectivity index is 2.36. The van der Waals surface area contributed by atoms with Crippen LogP contribution in [0.2, 0.25) is 0 Å². The Morgan fingerprint density at radius 3 is 2.06 bits per heavy atom. The Morgan fingerprint density at radius 1 is 0.882 bits per heavy atom. The van der Waals surface area contributed by atoms with Crippen molar-refractivity contribution >= 4 is 29.2 Å². The first-order valence-corrected chi connectivity index (χ1v) is 6.12. The summed E-state index contributed by atoms with van der Waals surface area (Å²) in [5.41, 5.74) is 3.70. The molecular weight excluding hydrogens is 224 g/mol. The molecule has 0 N–H and O–H groups in total. The molecule has 84 valence electrons. The van der Waals surface area contributed by atoms with Crippen LogP contribution in [0.15, 0.2) is 60.7 Å². The van der Waals surface area contributed by atoms with E-state index < -0.39 is 0 Å². The normalized spacial score (nSPS) is 11.2. The minimum atomic E-state index is 0.814. The van der Waals surface area contributed by atoms with Crippen LogP contribution in [0.3, 0.4) is 0 Å². The van der Waals surface area contributed by atoms with Crippen molar-refractivity contribution in [2.75, 3.05) is 0 Å². The maximum absolute atomic E-state index is 4.98. The van der Waals surface area contributed by atoms with Gasteiger partial charge >= 0.3 is 0 Å². The molecule has 0 unspecified atom stereocenters. The van der Waals surface area contributed by atoms with Gasteiger partial charge in [0.05, 0.1) is 0 Å². The minimum Gasteiger partial charge on any atom is -0.0931 e. The van der Waals surface area contributed by atoms with E-state index in [0.717, 1.165) is 6.42 Å². The number of rotatable bonds is 4. The minimum absolute atomic E-state index is 0.814. The van der Waals surface area contributed by atoms with Gasteiger partial charge in [0.25, 0.3) is 0 Å². The number of thiocarbonyl (C=S) groups is 1. The third kappa shape index (κ3) is 3.36. The Bertz CT molecular complexity index is 498. The van der Waals surface area contributed by atoms with Crippen molar-refractivity contribution in [3.8, 4) is 0 Å². The van der Waals surface area contributed by atoms with Crippen LogP contribution in [0.1, 0.15) is 17.5 Å². The highest BCUT2D eigenvalue weighted by molar-refractivity contribution is 7.79. The summed E-state index contributed by atoms with van der Waals surface area (Å²) in [6.45, 7) is 0. The largest absolute Gasteiger partial charge is 0.0931 e. The van der Waals surface area contributed by atoms with Crippen LogP contribution >= 0.6 is 12.2 Å². The SMILES string of the molecule is S=CCC(=Cc1ccccc1)c1ccccc1. The van der Waals surface area contributed by atoms with Gasteiger partial charge in [-0.05, 0) is 22.1 Å². The number of allylic oxidation sites excluding steroid dienone is 1. The van der Waals surface area contributed by atoms with E-state index in [1.54, 1.807) is 5.37 Å². The van der Waals surface area contributed by atoms with Crippen molar-refractivity contribution in [2.24, 2.45) is 0 Å². The lowest BCUT2D eigenvalue weighted by Crippen LogP contribution is -1.85. The van der Waals surface area contributed by atoms with Crippen LogP contribution in [0.5, 0.6) is 0 Å². The smallest absolute Gasteiger partial charge is 0.00139 e. The highest BCUT2D eigenvalue weighted by Crippen LogP contribution is 2.20. The van der Waals surface area contributed by atoms with Gasteiger partial charge < -0.3 is 0 Å². The predicted molar refractivity (Wildman–Crippen MR) is 79.0 cm³/mol. The molecular formula is C16H14S. The molecule has 0 spiro atoms. The summed E-state index contributed by atoms with van der Waals surface area (Å²) >= 11 is 4.98. The highest BCUT2D eigenvalue weighted by Gasteiger charge is 1.99. The second kappa shape index (κ2) is 6.12. The third-order valence-corrected chi connectivity index (χ3v) is 2.75. The summed E-state index contributed by atoms with van der Waals surface area (Å²) in [4.78, 5) is 0. The lowest BCUT2D eigenvalue weighted by molar-refractivity contribution is 1.51. The van der Waals surface area contributed by atoms with Crippen molar-refractivity contribution in [3.63, 3.8) is 0 Å². The Kier molecular flexibility index (Phi) is 4.23. The fourth-order valence-corrected chi connectivity index (χ4v) is 1.93. The molecule has 2 aromatic rings. The fraction of sp³-hybridized carbons (Fsp3) is 0.0625.